The summed E-state index contributed by atoms with van der Waals surface area (Å²) in [6.07, 6.45) is 1.51. The Kier molecular flexibility index (Phi) is 4.21. The number of hydrogen-bond donors (Lipinski definition) is 1. The van der Waals surface area contributed by atoms with E-state index in [1.165, 1.54) is 6.26 Å². The summed E-state index contributed by atoms with van der Waals surface area (Å²) >= 11 is 3.31. The van der Waals surface area contributed by atoms with Gasteiger partial charge in [0.25, 0.3) is 0 Å². The van der Waals surface area contributed by atoms with Crippen LogP contribution in [0, 0.1) is 0 Å². The summed E-state index contributed by atoms with van der Waals surface area (Å²) < 4.78 is 31.5. The van der Waals surface area contributed by atoms with Crippen molar-refractivity contribution in [2.45, 2.75) is 16.8 Å². The Morgan fingerprint density at radius 3 is 2.44 bits per heavy atom. The Morgan fingerprint density at radius 1 is 1.17 bits per heavy atom. The fourth-order valence-corrected chi connectivity index (χ4v) is 2.79. The van der Waals surface area contributed by atoms with Gasteiger partial charge in [-0.25, -0.2) is 13.1 Å². The highest BCUT2D eigenvalue weighted by Gasteiger charge is 2.13. The van der Waals surface area contributed by atoms with Gasteiger partial charge in [-0.05, 0) is 29.8 Å². The standard InChI is InChI=1S/C12H12BrNO3S/c13-8-10-3-5-12(6-4-10)18(15,16)14-9-11-2-1-7-17-11/h1-7,14H,8-9H2. The summed E-state index contributed by atoms with van der Waals surface area (Å²) in [5.41, 5.74) is 1.03. The quantitative estimate of drug-likeness (QED) is 0.858. The SMILES string of the molecule is O=S(=O)(NCc1ccco1)c1ccc(CBr)cc1. The number of hydrogen-bond acceptors (Lipinski definition) is 3. The molecule has 0 radical (unpaired) electrons. The van der Waals surface area contributed by atoms with Gasteiger partial charge in [-0.1, -0.05) is 28.1 Å². The van der Waals surface area contributed by atoms with Crippen LogP contribution in [0.15, 0.2) is 52.0 Å². The van der Waals surface area contributed by atoms with Gasteiger partial charge >= 0.3 is 0 Å². The van der Waals surface area contributed by atoms with Gasteiger partial charge in [0.2, 0.25) is 10.0 Å². The van der Waals surface area contributed by atoms with Crippen LogP contribution in [0.25, 0.3) is 0 Å². The van der Waals surface area contributed by atoms with Gasteiger partial charge in [0, 0.05) is 5.33 Å². The van der Waals surface area contributed by atoms with Gasteiger partial charge in [-0.2, -0.15) is 0 Å². The van der Waals surface area contributed by atoms with E-state index < -0.39 is 10.0 Å². The summed E-state index contributed by atoms with van der Waals surface area (Å²) in [5, 5.41) is 0.702. The average Bonchev–Trinajstić information content (AvgIpc) is 2.90. The maximum absolute atomic E-state index is 12.0. The first kappa shape index (κ1) is 13.3. The molecule has 0 fully saturated rings. The summed E-state index contributed by atoms with van der Waals surface area (Å²) in [5.74, 6) is 0.579. The fraction of sp³-hybridized carbons (Fsp3) is 0.167. The molecular formula is C12H12BrNO3S. The number of rotatable bonds is 5. The van der Waals surface area contributed by atoms with Crippen molar-refractivity contribution >= 4 is 26.0 Å². The molecule has 0 saturated heterocycles. The Balaban J connectivity index is 2.09. The minimum Gasteiger partial charge on any atom is -0.468 e. The number of sulfonamides is 1. The van der Waals surface area contributed by atoms with E-state index in [1.54, 1.807) is 36.4 Å². The largest absolute Gasteiger partial charge is 0.468 e. The predicted molar refractivity (Wildman–Crippen MR) is 71.8 cm³/mol. The van der Waals surface area contributed by atoms with Crippen LogP contribution < -0.4 is 4.72 Å². The van der Waals surface area contributed by atoms with Crippen molar-refractivity contribution in [3.8, 4) is 0 Å². The molecular weight excluding hydrogens is 318 g/mol. The molecule has 0 spiro atoms. The highest BCUT2D eigenvalue weighted by atomic mass is 79.9. The Hall–Kier alpha value is -1.11. The fourth-order valence-electron chi connectivity index (χ4n) is 1.42. The molecule has 0 amide bonds. The third-order valence-electron chi connectivity index (χ3n) is 2.40. The first-order chi connectivity index (χ1) is 8.62. The second kappa shape index (κ2) is 5.69. The van der Waals surface area contributed by atoms with Crippen molar-refractivity contribution in [2.24, 2.45) is 0 Å². The zero-order valence-corrected chi connectivity index (χ0v) is 11.9. The molecule has 0 atom stereocenters. The predicted octanol–water partition coefficient (Wildman–Crippen LogP) is 2.65. The average molecular weight is 330 g/mol. The van der Waals surface area contributed by atoms with Crippen LogP contribution in [-0.4, -0.2) is 8.42 Å². The first-order valence-electron chi connectivity index (χ1n) is 5.29. The highest BCUT2D eigenvalue weighted by molar-refractivity contribution is 9.08. The molecule has 2 aromatic rings. The summed E-state index contributed by atoms with van der Waals surface area (Å²) in [7, 11) is -3.49. The lowest BCUT2D eigenvalue weighted by Gasteiger charge is -2.05. The molecule has 2 rings (SSSR count). The van der Waals surface area contributed by atoms with Crippen molar-refractivity contribution in [3.63, 3.8) is 0 Å². The number of benzene rings is 1. The van der Waals surface area contributed by atoms with Crippen LogP contribution >= 0.6 is 15.9 Å². The van der Waals surface area contributed by atoms with Crippen molar-refractivity contribution in [1.29, 1.82) is 0 Å². The third kappa shape index (κ3) is 3.22. The van der Waals surface area contributed by atoms with E-state index in [4.69, 9.17) is 4.42 Å². The van der Waals surface area contributed by atoms with Gasteiger partial charge in [-0.15, -0.1) is 0 Å². The molecule has 1 heterocycles. The molecule has 0 aliphatic rings. The van der Waals surface area contributed by atoms with E-state index >= 15 is 0 Å². The third-order valence-corrected chi connectivity index (χ3v) is 4.47. The molecule has 0 unspecified atom stereocenters. The van der Waals surface area contributed by atoms with E-state index in [0.29, 0.717) is 11.1 Å². The summed E-state index contributed by atoms with van der Waals surface area (Å²) in [6, 6.07) is 10.2. The molecule has 1 N–H and O–H groups in total. The number of alkyl halides is 1. The van der Waals surface area contributed by atoms with Crippen LogP contribution in [0.4, 0.5) is 0 Å². The molecule has 0 saturated carbocycles. The first-order valence-corrected chi connectivity index (χ1v) is 7.89. The number of furan rings is 1. The second-order valence-corrected chi connectivity index (χ2v) is 6.01. The van der Waals surface area contributed by atoms with Crippen LogP contribution in [0.2, 0.25) is 0 Å². The van der Waals surface area contributed by atoms with Crippen molar-refractivity contribution < 1.29 is 12.8 Å². The topological polar surface area (TPSA) is 59.3 Å². The number of nitrogens with one attached hydrogen (secondary N) is 1. The van der Waals surface area contributed by atoms with Crippen LogP contribution in [0.3, 0.4) is 0 Å². The molecule has 0 aliphatic carbocycles. The van der Waals surface area contributed by atoms with Gasteiger partial charge < -0.3 is 4.42 Å². The van der Waals surface area contributed by atoms with E-state index in [1.807, 2.05) is 0 Å². The van der Waals surface area contributed by atoms with E-state index in [2.05, 4.69) is 20.7 Å². The van der Waals surface area contributed by atoms with Gasteiger partial charge in [-0.3, -0.25) is 0 Å². The van der Waals surface area contributed by atoms with Crippen molar-refractivity contribution in [2.75, 3.05) is 0 Å². The molecule has 6 heteroatoms. The monoisotopic (exact) mass is 329 g/mol. The second-order valence-electron chi connectivity index (χ2n) is 3.68. The molecule has 18 heavy (non-hydrogen) atoms. The molecule has 4 nitrogen and oxygen atoms in total. The minimum atomic E-state index is -3.49. The van der Waals surface area contributed by atoms with E-state index in [9.17, 15) is 8.42 Å². The smallest absolute Gasteiger partial charge is 0.240 e. The Bertz CT molecular complexity index is 591. The molecule has 1 aromatic carbocycles. The number of halogens is 1. The lowest BCUT2D eigenvalue weighted by molar-refractivity contribution is 0.498. The molecule has 96 valence electrons. The molecule has 1 aromatic heterocycles. The van der Waals surface area contributed by atoms with Crippen LogP contribution in [0.5, 0.6) is 0 Å². The van der Waals surface area contributed by atoms with Crippen molar-refractivity contribution in [1.82, 2.24) is 4.72 Å². The van der Waals surface area contributed by atoms with Gasteiger partial charge in [0.15, 0.2) is 0 Å². The van der Waals surface area contributed by atoms with Crippen LogP contribution in [0.1, 0.15) is 11.3 Å². The van der Waals surface area contributed by atoms with Gasteiger partial charge in [0.05, 0.1) is 17.7 Å². The van der Waals surface area contributed by atoms with Crippen LogP contribution in [-0.2, 0) is 21.9 Å². The van der Waals surface area contributed by atoms with Crippen molar-refractivity contribution in [3.05, 3.63) is 54.0 Å². The Labute approximate surface area is 114 Å². The zero-order chi connectivity index (χ0) is 13.0. The summed E-state index contributed by atoms with van der Waals surface area (Å²) in [6.45, 7) is 0.148. The highest BCUT2D eigenvalue weighted by Crippen LogP contribution is 2.13. The normalized spacial score (nSPS) is 11.6. The minimum absolute atomic E-state index is 0.148. The maximum atomic E-state index is 12.0. The lowest BCUT2D eigenvalue weighted by atomic mass is 10.2. The van der Waals surface area contributed by atoms with E-state index in [-0.39, 0.29) is 11.4 Å². The zero-order valence-electron chi connectivity index (χ0n) is 9.47. The maximum Gasteiger partial charge on any atom is 0.240 e. The summed E-state index contributed by atoms with van der Waals surface area (Å²) in [4.78, 5) is 0.249. The Morgan fingerprint density at radius 2 is 1.89 bits per heavy atom. The molecule has 0 aliphatic heterocycles. The molecule has 0 bridgehead atoms. The lowest BCUT2D eigenvalue weighted by Crippen LogP contribution is -2.22. The van der Waals surface area contributed by atoms with E-state index in [0.717, 1.165) is 5.56 Å². The van der Waals surface area contributed by atoms with Gasteiger partial charge in [0.1, 0.15) is 5.76 Å².